The smallest absolute Gasteiger partial charge is 0.176 e. The van der Waals surface area contributed by atoms with Gasteiger partial charge in [0.2, 0.25) is 0 Å². The van der Waals surface area contributed by atoms with Crippen LogP contribution in [0.25, 0.3) is 10.1 Å². The number of nitrogens with one attached hydrogen (secondary N) is 2. The number of hydrogen-bond donors (Lipinski definition) is 2. The van der Waals surface area contributed by atoms with E-state index < -0.39 is 0 Å². The van der Waals surface area contributed by atoms with Crippen LogP contribution >= 0.6 is 11.5 Å². The number of aryl methyl sites for hydroxylation is 1. The van der Waals surface area contributed by atoms with Crippen molar-refractivity contribution >= 4 is 33.2 Å². The van der Waals surface area contributed by atoms with E-state index in [-0.39, 0.29) is 5.78 Å². The van der Waals surface area contributed by atoms with Crippen LogP contribution in [0.15, 0.2) is 48.5 Å². The van der Waals surface area contributed by atoms with E-state index in [0.29, 0.717) is 6.54 Å². The molecule has 0 saturated heterocycles. The summed E-state index contributed by atoms with van der Waals surface area (Å²) in [6.45, 7) is 4.25. The van der Waals surface area contributed by atoms with Crippen LogP contribution in [-0.4, -0.2) is 29.8 Å². The van der Waals surface area contributed by atoms with Crippen molar-refractivity contribution in [3.8, 4) is 0 Å². The lowest BCUT2D eigenvalue weighted by atomic mass is 10.0. The van der Waals surface area contributed by atoms with E-state index in [1.807, 2.05) is 24.3 Å². The summed E-state index contributed by atoms with van der Waals surface area (Å²) < 4.78 is 5.67. The zero-order valence-corrected chi connectivity index (χ0v) is 18.1. The third-order valence-corrected chi connectivity index (χ3v) is 5.91. The molecule has 1 aromatic heterocycles. The number of Topliss-reactive ketones (excluding diaryl/α,β-unsaturated/α-hetero) is 1. The van der Waals surface area contributed by atoms with E-state index in [2.05, 4.69) is 46.2 Å². The third-order valence-electron chi connectivity index (χ3n) is 5.08. The van der Waals surface area contributed by atoms with E-state index in [9.17, 15) is 4.79 Å². The van der Waals surface area contributed by atoms with Gasteiger partial charge in [0.15, 0.2) is 5.78 Å². The lowest BCUT2D eigenvalue weighted by molar-refractivity contribution is 0.0991. The van der Waals surface area contributed by atoms with E-state index in [0.717, 1.165) is 37.3 Å². The second-order valence-electron chi connectivity index (χ2n) is 7.42. The van der Waals surface area contributed by atoms with Gasteiger partial charge in [0.05, 0.1) is 11.2 Å². The Morgan fingerprint density at radius 3 is 2.62 bits per heavy atom. The first-order valence-electron chi connectivity index (χ1n) is 10.7. The summed E-state index contributed by atoms with van der Waals surface area (Å²) in [5, 5.41) is 7.82. The molecule has 0 fully saturated rings. The maximum atomic E-state index is 12.3. The third kappa shape index (κ3) is 6.65. The van der Waals surface area contributed by atoms with Crippen molar-refractivity contribution in [3.63, 3.8) is 0 Å². The van der Waals surface area contributed by atoms with Crippen LogP contribution in [0.4, 0.5) is 5.82 Å². The number of anilines is 1. The Morgan fingerprint density at radius 2 is 1.79 bits per heavy atom. The predicted molar refractivity (Wildman–Crippen MR) is 124 cm³/mol. The highest BCUT2D eigenvalue weighted by Crippen LogP contribution is 2.25. The van der Waals surface area contributed by atoms with Crippen molar-refractivity contribution < 1.29 is 4.79 Å². The fourth-order valence-corrected chi connectivity index (χ4v) is 4.11. The van der Waals surface area contributed by atoms with Crippen LogP contribution in [0.1, 0.15) is 54.9 Å². The summed E-state index contributed by atoms with van der Waals surface area (Å²) in [5.74, 6) is 1.11. The molecule has 0 aliphatic rings. The van der Waals surface area contributed by atoms with Crippen molar-refractivity contribution in [1.29, 1.82) is 0 Å². The molecule has 2 aromatic carbocycles. The molecule has 0 bridgehead atoms. The van der Waals surface area contributed by atoms with Gasteiger partial charge in [0.1, 0.15) is 5.82 Å². The fraction of sp³-hybridized carbons (Fsp3) is 0.417. The zero-order valence-electron chi connectivity index (χ0n) is 17.2. The first-order valence-corrected chi connectivity index (χ1v) is 11.5. The van der Waals surface area contributed by atoms with Gasteiger partial charge in [-0.2, -0.15) is 4.37 Å². The number of benzene rings is 2. The van der Waals surface area contributed by atoms with Crippen molar-refractivity contribution in [2.45, 2.75) is 45.4 Å². The number of unbranched alkanes of at least 4 members (excludes halogenated alkanes) is 3. The second-order valence-corrected chi connectivity index (χ2v) is 8.22. The van der Waals surface area contributed by atoms with Gasteiger partial charge in [-0.25, -0.2) is 0 Å². The average molecular weight is 410 g/mol. The predicted octanol–water partition coefficient (Wildman–Crippen LogP) is 5.69. The van der Waals surface area contributed by atoms with Crippen LogP contribution < -0.4 is 10.6 Å². The number of aromatic nitrogens is 1. The second kappa shape index (κ2) is 11.7. The average Bonchev–Trinajstić information content (AvgIpc) is 3.17. The fourth-order valence-electron chi connectivity index (χ4n) is 3.35. The number of carbonyl (C=O) groups excluding carboxylic acids is 1. The number of ketones is 1. The molecule has 3 rings (SSSR count). The Morgan fingerprint density at radius 1 is 0.966 bits per heavy atom. The van der Waals surface area contributed by atoms with Crippen molar-refractivity contribution in [2.75, 3.05) is 25.0 Å². The molecule has 0 saturated carbocycles. The van der Waals surface area contributed by atoms with Crippen LogP contribution in [0.3, 0.4) is 0 Å². The minimum Gasteiger partial charge on any atom is -0.369 e. The molecule has 0 atom stereocenters. The van der Waals surface area contributed by atoms with Gasteiger partial charge < -0.3 is 10.6 Å². The number of hydrogen-bond acceptors (Lipinski definition) is 5. The Hall–Kier alpha value is -2.24. The Balaban J connectivity index is 1.31. The number of carbonyl (C=O) groups is 1. The maximum Gasteiger partial charge on any atom is 0.176 e. The summed E-state index contributed by atoms with van der Waals surface area (Å²) in [6, 6.07) is 16.4. The van der Waals surface area contributed by atoms with Crippen LogP contribution in [-0.2, 0) is 6.42 Å². The molecule has 0 aliphatic heterocycles. The van der Waals surface area contributed by atoms with E-state index in [1.165, 1.54) is 52.9 Å². The van der Waals surface area contributed by atoms with Gasteiger partial charge in [-0.05, 0) is 55.0 Å². The van der Waals surface area contributed by atoms with Crippen LogP contribution in [0.5, 0.6) is 0 Å². The normalized spacial score (nSPS) is 11.1. The lowest BCUT2D eigenvalue weighted by Gasteiger charge is -2.07. The molecule has 5 heteroatoms. The quantitative estimate of drug-likeness (QED) is 0.281. The number of fused-ring (bicyclic) bond motifs is 1. The molecule has 0 unspecified atom stereocenters. The molecule has 0 amide bonds. The van der Waals surface area contributed by atoms with Gasteiger partial charge in [0, 0.05) is 17.5 Å². The summed E-state index contributed by atoms with van der Waals surface area (Å²) in [6.07, 6.45) is 7.13. The molecule has 154 valence electrons. The highest BCUT2D eigenvalue weighted by atomic mass is 32.1. The summed E-state index contributed by atoms with van der Waals surface area (Å²) >= 11 is 1.52. The van der Waals surface area contributed by atoms with E-state index in [1.54, 1.807) is 0 Å². The van der Waals surface area contributed by atoms with Crippen LogP contribution in [0, 0.1) is 0 Å². The lowest BCUT2D eigenvalue weighted by Crippen LogP contribution is -2.25. The number of nitrogens with zero attached hydrogens (tertiary/aromatic N) is 1. The van der Waals surface area contributed by atoms with Crippen LogP contribution in [0.2, 0.25) is 0 Å². The van der Waals surface area contributed by atoms with Crippen molar-refractivity contribution in [1.82, 2.24) is 9.69 Å². The highest BCUT2D eigenvalue weighted by molar-refractivity contribution is 7.13. The first kappa shape index (κ1) is 21.5. The molecule has 1 heterocycles. The molecule has 0 spiro atoms. The largest absolute Gasteiger partial charge is 0.369 e. The first-order chi connectivity index (χ1) is 14.3. The van der Waals surface area contributed by atoms with E-state index in [4.69, 9.17) is 0 Å². The molecule has 29 heavy (non-hydrogen) atoms. The van der Waals surface area contributed by atoms with Crippen molar-refractivity contribution in [3.05, 3.63) is 59.7 Å². The standard InChI is InChI=1S/C24H31N3OS/c1-2-3-4-5-9-19-12-14-20(15-13-19)22(28)18-25-16-8-17-26-24-21-10-6-7-11-23(21)29-27-24/h6-7,10-15,25H,2-5,8-9,16-18H2,1H3,(H,26,27). The minimum atomic E-state index is 0.154. The molecule has 2 N–H and O–H groups in total. The number of rotatable bonds is 13. The Labute approximate surface area is 177 Å². The molecule has 3 aromatic rings. The zero-order chi connectivity index (χ0) is 20.3. The van der Waals surface area contributed by atoms with Gasteiger partial charge >= 0.3 is 0 Å². The Kier molecular flexibility index (Phi) is 8.65. The highest BCUT2D eigenvalue weighted by Gasteiger charge is 2.06. The molecule has 0 aliphatic carbocycles. The summed E-state index contributed by atoms with van der Waals surface area (Å²) in [5.41, 5.74) is 2.12. The summed E-state index contributed by atoms with van der Waals surface area (Å²) in [7, 11) is 0. The minimum absolute atomic E-state index is 0.154. The van der Waals surface area contributed by atoms with Gasteiger partial charge in [-0.1, -0.05) is 62.6 Å². The van der Waals surface area contributed by atoms with Gasteiger partial charge in [-0.3, -0.25) is 4.79 Å². The SMILES string of the molecule is CCCCCCc1ccc(C(=O)CNCCCNc2nsc3ccccc23)cc1. The van der Waals surface area contributed by atoms with E-state index >= 15 is 0 Å². The molecular formula is C24H31N3OS. The summed E-state index contributed by atoms with van der Waals surface area (Å²) in [4.78, 5) is 12.3. The molecule has 0 radical (unpaired) electrons. The monoisotopic (exact) mass is 409 g/mol. The maximum absolute atomic E-state index is 12.3. The van der Waals surface area contributed by atoms with Gasteiger partial charge in [0.25, 0.3) is 0 Å². The Bertz CT molecular complexity index is 889. The molecule has 4 nitrogen and oxygen atoms in total. The topological polar surface area (TPSA) is 54.0 Å². The molecular weight excluding hydrogens is 378 g/mol. The van der Waals surface area contributed by atoms with Crippen molar-refractivity contribution in [2.24, 2.45) is 0 Å². The van der Waals surface area contributed by atoms with Gasteiger partial charge in [-0.15, -0.1) is 0 Å².